The van der Waals surface area contributed by atoms with Gasteiger partial charge in [0.1, 0.15) is 11.4 Å². The Kier molecular flexibility index (Phi) is 3.59. The van der Waals surface area contributed by atoms with Crippen molar-refractivity contribution < 1.29 is 14.0 Å². The van der Waals surface area contributed by atoms with E-state index in [1.54, 1.807) is 13.8 Å². The molecule has 0 aliphatic heterocycles. The van der Waals surface area contributed by atoms with Crippen LogP contribution in [-0.2, 0) is 6.42 Å². The van der Waals surface area contributed by atoms with Crippen molar-refractivity contribution in [1.29, 1.82) is 0 Å². The molecule has 0 bridgehead atoms. The molecule has 0 fully saturated rings. The zero-order valence-electron chi connectivity index (χ0n) is 13.3. The summed E-state index contributed by atoms with van der Waals surface area (Å²) in [5.41, 5.74) is 4.57. The van der Waals surface area contributed by atoms with Crippen molar-refractivity contribution in [2.24, 2.45) is 11.1 Å². The molecule has 2 N–H and O–H groups in total. The van der Waals surface area contributed by atoms with Gasteiger partial charge in [0.2, 0.25) is 0 Å². The number of hydrogen-bond acceptors (Lipinski definition) is 4. The minimum absolute atomic E-state index is 0.159. The molecule has 124 valence electrons. The van der Waals surface area contributed by atoms with Crippen LogP contribution in [0.3, 0.4) is 0 Å². The number of halogens is 1. The lowest BCUT2D eigenvalue weighted by Gasteiger charge is -2.31. The van der Waals surface area contributed by atoms with Gasteiger partial charge >= 0.3 is 0 Å². The van der Waals surface area contributed by atoms with Crippen LogP contribution in [0.15, 0.2) is 29.3 Å². The zero-order valence-corrected chi connectivity index (χ0v) is 13.3. The second-order valence-corrected chi connectivity index (χ2v) is 6.50. The molecular weight excluding hydrogens is 313 g/mol. The van der Waals surface area contributed by atoms with Crippen molar-refractivity contribution in [2.45, 2.75) is 26.7 Å². The summed E-state index contributed by atoms with van der Waals surface area (Å²) in [6.07, 6.45) is 3.29. The van der Waals surface area contributed by atoms with E-state index in [0.717, 1.165) is 12.3 Å². The van der Waals surface area contributed by atoms with Gasteiger partial charge in [0, 0.05) is 22.7 Å². The molecule has 2 aromatic heterocycles. The van der Waals surface area contributed by atoms with E-state index in [9.17, 15) is 18.8 Å². The van der Waals surface area contributed by atoms with E-state index in [4.69, 9.17) is 5.73 Å². The summed E-state index contributed by atoms with van der Waals surface area (Å²) in [7, 11) is 0. The lowest BCUT2D eigenvalue weighted by Crippen LogP contribution is -2.38. The summed E-state index contributed by atoms with van der Waals surface area (Å²) in [6, 6.07) is 2.39. The fraction of sp³-hybridized carbons (Fsp3) is 0.294. The molecule has 0 unspecified atom stereocenters. The Balaban J connectivity index is 2.39. The Morgan fingerprint density at radius 3 is 2.62 bits per heavy atom. The van der Waals surface area contributed by atoms with Crippen molar-refractivity contribution in [2.75, 3.05) is 0 Å². The molecular formula is C17H16FN3O3. The molecule has 1 amide bonds. The number of hydrogen-bond donors (Lipinski definition) is 1. The maximum atomic E-state index is 13.5. The first-order valence-electron chi connectivity index (χ1n) is 7.47. The van der Waals surface area contributed by atoms with E-state index in [0.29, 0.717) is 18.5 Å². The fourth-order valence-corrected chi connectivity index (χ4v) is 2.98. The summed E-state index contributed by atoms with van der Waals surface area (Å²) in [5.74, 6) is -1.73. The summed E-state index contributed by atoms with van der Waals surface area (Å²) >= 11 is 0. The Bertz CT molecular complexity index is 931. The van der Waals surface area contributed by atoms with Crippen LogP contribution in [0, 0.1) is 11.2 Å². The average Bonchev–Trinajstić information content (AvgIpc) is 2.50. The number of rotatable bonds is 2. The van der Waals surface area contributed by atoms with Gasteiger partial charge in [-0.3, -0.25) is 23.9 Å². The van der Waals surface area contributed by atoms with Crippen LogP contribution in [0.25, 0.3) is 5.69 Å². The summed E-state index contributed by atoms with van der Waals surface area (Å²) in [4.78, 5) is 40.8. The van der Waals surface area contributed by atoms with Gasteiger partial charge in [-0.1, -0.05) is 13.8 Å². The van der Waals surface area contributed by atoms with Crippen LogP contribution in [0.2, 0.25) is 0 Å². The molecule has 7 heteroatoms. The van der Waals surface area contributed by atoms with Gasteiger partial charge in [-0.2, -0.15) is 0 Å². The molecule has 1 aliphatic carbocycles. The van der Waals surface area contributed by atoms with Gasteiger partial charge in [0.15, 0.2) is 5.78 Å². The van der Waals surface area contributed by atoms with Gasteiger partial charge in [0.05, 0.1) is 18.1 Å². The molecule has 0 saturated heterocycles. The van der Waals surface area contributed by atoms with Crippen molar-refractivity contribution in [3.8, 4) is 5.69 Å². The molecule has 0 radical (unpaired) electrons. The summed E-state index contributed by atoms with van der Waals surface area (Å²) in [6.45, 7) is 3.61. The minimum Gasteiger partial charge on any atom is -0.365 e. The van der Waals surface area contributed by atoms with E-state index < -0.39 is 22.7 Å². The minimum atomic E-state index is -0.933. The quantitative estimate of drug-likeness (QED) is 0.906. The third kappa shape index (κ3) is 2.42. The molecule has 0 spiro atoms. The van der Waals surface area contributed by atoms with Crippen molar-refractivity contribution in [3.05, 3.63) is 57.5 Å². The predicted molar refractivity (Wildman–Crippen MR) is 84.7 cm³/mol. The maximum absolute atomic E-state index is 13.5. The van der Waals surface area contributed by atoms with Crippen LogP contribution in [0.4, 0.5) is 4.39 Å². The first kappa shape index (κ1) is 16.0. The number of ketones is 1. The molecule has 2 aromatic rings. The molecule has 0 saturated carbocycles. The van der Waals surface area contributed by atoms with E-state index >= 15 is 0 Å². The number of aromatic nitrogens is 2. The highest BCUT2D eigenvalue weighted by atomic mass is 19.1. The topological polar surface area (TPSA) is 95.1 Å². The van der Waals surface area contributed by atoms with Crippen LogP contribution < -0.4 is 11.3 Å². The molecule has 6 nitrogen and oxygen atoms in total. The molecule has 2 heterocycles. The van der Waals surface area contributed by atoms with Gasteiger partial charge in [0.25, 0.3) is 11.5 Å². The van der Waals surface area contributed by atoms with Crippen molar-refractivity contribution in [3.63, 3.8) is 0 Å². The van der Waals surface area contributed by atoms with E-state index in [1.165, 1.54) is 16.8 Å². The molecule has 24 heavy (non-hydrogen) atoms. The number of amides is 1. The number of carbonyl (C=O) groups is 2. The lowest BCUT2D eigenvalue weighted by atomic mass is 9.74. The van der Waals surface area contributed by atoms with Crippen molar-refractivity contribution in [1.82, 2.24) is 9.55 Å². The van der Waals surface area contributed by atoms with Crippen LogP contribution in [0.5, 0.6) is 0 Å². The highest BCUT2D eigenvalue weighted by molar-refractivity contribution is 6.04. The van der Waals surface area contributed by atoms with E-state index in [1.807, 2.05) is 0 Å². The third-order valence-corrected chi connectivity index (χ3v) is 4.36. The molecule has 0 aromatic carbocycles. The van der Waals surface area contributed by atoms with Gasteiger partial charge in [-0.25, -0.2) is 4.39 Å². The van der Waals surface area contributed by atoms with Crippen LogP contribution in [-0.4, -0.2) is 21.2 Å². The molecule has 3 rings (SSSR count). The Morgan fingerprint density at radius 1 is 1.29 bits per heavy atom. The molecule has 1 aliphatic rings. The van der Waals surface area contributed by atoms with E-state index in [-0.39, 0.29) is 22.6 Å². The SMILES string of the molecule is CC1(C)CCc2c(cc(C(N)=O)c(=O)n2-c2cncc(F)c2)C1=O. The number of Topliss-reactive ketones (excluding diaryl/α,β-unsaturated/α-hetero) is 1. The lowest BCUT2D eigenvalue weighted by molar-refractivity contribution is 0.0808. The summed E-state index contributed by atoms with van der Waals surface area (Å²) < 4.78 is 14.7. The largest absolute Gasteiger partial charge is 0.365 e. The smallest absolute Gasteiger partial charge is 0.268 e. The molecule has 0 atom stereocenters. The monoisotopic (exact) mass is 329 g/mol. The zero-order chi connectivity index (χ0) is 17.6. The van der Waals surface area contributed by atoms with Gasteiger partial charge in [-0.05, 0) is 18.9 Å². The maximum Gasteiger partial charge on any atom is 0.268 e. The normalized spacial score (nSPS) is 15.9. The Hall–Kier alpha value is -2.83. The van der Waals surface area contributed by atoms with Gasteiger partial charge in [-0.15, -0.1) is 0 Å². The highest BCUT2D eigenvalue weighted by Gasteiger charge is 2.37. The number of nitrogens with two attached hydrogens (primary N) is 1. The standard InChI is InChI=1S/C17H16FN3O3/c1-17(2)4-3-13-11(14(17)22)6-12(15(19)23)16(24)21(13)10-5-9(18)7-20-8-10/h5-8H,3-4H2,1-2H3,(H2,19,23). The Morgan fingerprint density at radius 2 is 2.00 bits per heavy atom. The number of primary amides is 1. The predicted octanol–water partition coefficient (Wildman–Crippen LogP) is 1.63. The van der Waals surface area contributed by atoms with Crippen LogP contribution in [0.1, 0.15) is 46.7 Å². The number of carbonyl (C=O) groups excluding carboxylic acids is 2. The van der Waals surface area contributed by atoms with E-state index in [2.05, 4.69) is 4.98 Å². The Labute approximate surface area is 137 Å². The van der Waals surface area contributed by atoms with Crippen LogP contribution >= 0.6 is 0 Å². The second-order valence-electron chi connectivity index (χ2n) is 6.50. The fourth-order valence-electron chi connectivity index (χ4n) is 2.98. The average molecular weight is 329 g/mol. The number of nitrogens with zero attached hydrogens (tertiary/aromatic N) is 2. The number of fused-ring (bicyclic) bond motifs is 1. The highest BCUT2D eigenvalue weighted by Crippen LogP contribution is 2.35. The third-order valence-electron chi connectivity index (χ3n) is 4.36. The first-order chi connectivity index (χ1) is 11.2. The van der Waals surface area contributed by atoms with Gasteiger partial charge < -0.3 is 5.73 Å². The second kappa shape index (κ2) is 5.36. The first-order valence-corrected chi connectivity index (χ1v) is 7.47. The van der Waals surface area contributed by atoms with Crippen molar-refractivity contribution >= 4 is 11.7 Å². The summed E-state index contributed by atoms with van der Waals surface area (Å²) in [5, 5.41) is 0. The number of pyridine rings is 2.